The molecule has 146 valence electrons. The summed E-state index contributed by atoms with van der Waals surface area (Å²) in [5.41, 5.74) is 7.20. The Balaban J connectivity index is 1.48. The van der Waals surface area contributed by atoms with Gasteiger partial charge in [-0.2, -0.15) is 10.2 Å². The van der Waals surface area contributed by atoms with Gasteiger partial charge in [0.25, 0.3) is 0 Å². The molecule has 0 aliphatic carbocycles. The zero-order valence-electron chi connectivity index (χ0n) is 15.7. The predicted octanol–water partition coefficient (Wildman–Crippen LogP) is 5.73. The second-order valence-corrected chi connectivity index (χ2v) is 7.61. The van der Waals surface area contributed by atoms with Crippen molar-refractivity contribution in [2.45, 2.75) is 0 Å². The van der Waals surface area contributed by atoms with Gasteiger partial charge in [-0.1, -0.05) is 41.7 Å². The fourth-order valence-corrected chi connectivity index (χ4v) is 3.92. The molecule has 0 bridgehead atoms. The molecular formula is C23H16FN5S. The fraction of sp³-hybridized carbons (Fsp3) is 0. The van der Waals surface area contributed by atoms with Gasteiger partial charge in [0.2, 0.25) is 5.13 Å². The van der Waals surface area contributed by atoms with Crippen molar-refractivity contribution >= 4 is 32.9 Å². The van der Waals surface area contributed by atoms with Gasteiger partial charge in [-0.15, -0.1) is 0 Å². The van der Waals surface area contributed by atoms with E-state index in [9.17, 15) is 4.39 Å². The van der Waals surface area contributed by atoms with E-state index < -0.39 is 0 Å². The van der Waals surface area contributed by atoms with E-state index in [1.807, 2.05) is 60.8 Å². The third kappa shape index (κ3) is 3.70. The number of fused-ring (bicyclic) bond motifs is 1. The average molecular weight is 413 g/mol. The van der Waals surface area contributed by atoms with Crippen LogP contribution in [-0.4, -0.2) is 21.0 Å². The molecule has 0 aliphatic heterocycles. The average Bonchev–Trinajstić information content (AvgIpc) is 3.39. The number of nitrogens with zero attached hydrogens (tertiary/aromatic N) is 4. The normalized spacial score (nSPS) is 11.4. The molecule has 0 spiro atoms. The summed E-state index contributed by atoms with van der Waals surface area (Å²) in [6, 6.07) is 24.0. The molecule has 30 heavy (non-hydrogen) atoms. The van der Waals surface area contributed by atoms with Gasteiger partial charge in [-0.05, 0) is 48.5 Å². The maximum Gasteiger partial charge on any atom is 0.204 e. The Labute approximate surface area is 176 Å². The van der Waals surface area contributed by atoms with Gasteiger partial charge in [0.1, 0.15) is 11.5 Å². The molecule has 0 saturated heterocycles. The van der Waals surface area contributed by atoms with Crippen LogP contribution in [0.5, 0.6) is 0 Å². The van der Waals surface area contributed by atoms with Crippen LogP contribution in [-0.2, 0) is 0 Å². The first kappa shape index (κ1) is 18.2. The van der Waals surface area contributed by atoms with Crippen LogP contribution in [0.15, 0.2) is 90.2 Å². The molecular weight excluding hydrogens is 397 g/mol. The van der Waals surface area contributed by atoms with Crippen LogP contribution < -0.4 is 5.43 Å². The third-order valence-electron chi connectivity index (χ3n) is 4.54. The molecule has 0 saturated carbocycles. The quantitative estimate of drug-likeness (QED) is 0.296. The van der Waals surface area contributed by atoms with Crippen LogP contribution in [0.25, 0.3) is 27.2 Å². The molecule has 7 heteroatoms. The number of para-hydroxylation sites is 2. The van der Waals surface area contributed by atoms with Crippen LogP contribution in [0.4, 0.5) is 9.52 Å². The Morgan fingerprint density at radius 3 is 2.50 bits per heavy atom. The second-order valence-electron chi connectivity index (χ2n) is 6.58. The number of thiazole rings is 1. The highest BCUT2D eigenvalue weighted by molar-refractivity contribution is 7.22. The summed E-state index contributed by atoms with van der Waals surface area (Å²) in [6.07, 6.45) is 3.61. The van der Waals surface area contributed by atoms with Crippen LogP contribution in [0.3, 0.4) is 0 Å². The van der Waals surface area contributed by atoms with Crippen molar-refractivity contribution in [3.63, 3.8) is 0 Å². The molecule has 5 rings (SSSR count). The number of hydrogen-bond donors (Lipinski definition) is 1. The van der Waals surface area contributed by atoms with E-state index in [0.29, 0.717) is 10.8 Å². The lowest BCUT2D eigenvalue weighted by Gasteiger charge is -2.00. The Morgan fingerprint density at radius 2 is 1.70 bits per heavy atom. The number of benzene rings is 3. The molecule has 0 radical (unpaired) electrons. The number of halogens is 1. The third-order valence-corrected chi connectivity index (χ3v) is 5.48. The summed E-state index contributed by atoms with van der Waals surface area (Å²) in [7, 11) is 0. The molecule has 2 heterocycles. The first-order chi connectivity index (χ1) is 14.8. The lowest BCUT2D eigenvalue weighted by Crippen LogP contribution is -1.94. The Hall–Kier alpha value is -3.84. The van der Waals surface area contributed by atoms with E-state index in [1.54, 1.807) is 23.0 Å². The van der Waals surface area contributed by atoms with Crippen molar-refractivity contribution in [1.82, 2.24) is 14.8 Å². The molecule has 5 nitrogen and oxygen atoms in total. The number of anilines is 1. The molecule has 0 aliphatic rings. The molecule has 5 aromatic rings. The largest absolute Gasteiger partial charge is 0.253 e. The van der Waals surface area contributed by atoms with E-state index in [-0.39, 0.29) is 5.82 Å². The molecule has 0 amide bonds. The highest BCUT2D eigenvalue weighted by Crippen LogP contribution is 2.26. The molecule has 3 aromatic carbocycles. The Morgan fingerprint density at radius 1 is 0.933 bits per heavy atom. The molecule has 2 aromatic heterocycles. The van der Waals surface area contributed by atoms with Gasteiger partial charge in [-0.25, -0.2) is 14.1 Å². The summed E-state index contributed by atoms with van der Waals surface area (Å²) in [5.74, 6) is -0.283. The van der Waals surface area contributed by atoms with Crippen LogP contribution >= 0.6 is 11.3 Å². The number of hydrogen-bond acceptors (Lipinski definition) is 5. The molecule has 0 unspecified atom stereocenters. The number of hydrazone groups is 1. The van der Waals surface area contributed by atoms with Crippen molar-refractivity contribution in [2.75, 3.05) is 5.43 Å². The summed E-state index contributed by atoms with van der Waals surface area (Å²) >= 11 is 1.54. The molecule has 1 N–H and O–H groups in total. The number of nitrogens with one attached hydrogen (secondary N) is 1. The minimum Gasteiger partial charge on any atom is -0.253 e. The second kappa shape index (κ2) is 7.88. The fourth-order valence-electron chi connectivity index (χ4n) is 3.10. The van der Waals surface area contributed by atoms with Crippen molar-refractivity contribution in [3.05, 3.63) is 96.4 Å². The standard InChI is InChI=1S/C23H16FN5S/c24-18-12-10-16(11-13-18)22-17(15-29(28-22)19-6-2-1-3-7-19)14-25-27-23-26-20-8-4-5-9-21(20)30-23/h1-15H,(H,26,27)/b25-14-. The Bertz CT molecular complexity index is 1290. The lowest BCUT2D eigenvalue weighted by atomic mass is 10.1. The van der Waals surface area contributed by atoms with Crippen LogP contribution in [0, 0.1) is 5.82 Å². The lowest BCUT2D eigenvalue weighted by molar-refractivity contribution is 0.628. The van der Waals surface area contributed by atoms with E-state index in [1.165, 1.54) is 23.5 Å². The SMILES string of the molecule is Fc1ccc(-c2nn(-c3ccccc3)cc2/C=N\Nc2nc3ccccc3s2)cc1. The Kier molecular flexibility index (Phi) is 4.78. The topological polar surface area (TPSA) is 55.1 Å². The van der Waals surface area contributed by atoms with Gasteiger partial charge < -0.3 is 0 Å². The van der Waals surface area contributed by atoms with Crippen molar-refractivity contribution in [3.8, 4) is 16.9 Å². The summed E-state index contributed by atoms with van der Waals surface area (Å²) in [4.78, 5) is 4.52. The van der Waals surface area contributed by atoms with Crippen molar-refractivity contribution < 1.29 is 4.39 Å². The van der Waals surface area contributed by atoms with Crippen LogP contribution in [0.1, 0.15) is 5.56 Å². The smallest absolute Gasteiger partial charge is 0.204 e. The van der Waals surface area contributed by atoms with Gasteiger partial charge in [0.05, 0.1) is 22.1 Å². The maximum absolute atomic E-state index is 13.4. The zero-order chi connectivity index (χ0) is 20.3. The first-order valence-corrected chi connectivity index (χ1v) is 10.1. The summed E-state index contributed by atoms with van der Waals surface area (Å²) < 4.78 is 16.3. The summed E-state index contributed by atoms with van der Waals surface area (Å²) in [6.45, 7) is 0. The van der Waals surface area contributed by atoms with E-state index in [0.717, 1.165) is 27.0 Å². The van der Waals surface area contributed by atoms with E-state index in [4.69, 9.17) is 5.10 Å². The minimum absolute atomic E-state index is 0.283. The first-order valence-electron chi connectivity index (χ1n) is 9.32. The van der Waals surface area contributed by atoms with Gasteiger partial charge in [0.15, 0.2) is 0 Å². The van der Waals surface area contributed by atoms with Gasteiger partial charge in [-0.3, -0.25) is 5.43 Å². The van der Waals surface area contributed by atoms with Crippen LogP contribution in [0.2, 0.25) is 0 Å². The number of aromatic nitrogens is 3. The predicted molar refractivity (Wildman–Crippen MR) is 120 cm³/mol. The van der Waals surface area contributed by atoms with Gasteiger partial charge >= 0.3 is 0 Å². The van der Waals surface area contributed by atoms with Crippen molar-refractivity contribution in [2.24, 2.45) is 5.10 Å². The van der Waals surface area contributed by atoms with Crippen molar-refractivity contribution in [1.29, 1.82) is 0 Å². The monoisotopic (exact) mass is 413 g/mol. The van der Waals surface area contributed by atoms with Gasteiger partial charge in [0, 0.05) is 17.3 Å². The zero-order valence-corrected chi connectivity index (χ0v) is 16.6. The van der Waals surface area contributed by atoms with E-state index >= 15 is 0 Å². The summed E-state index contributed by atoms with van der Waals surface area (Å²) in [5, 5.41) is 9.78. The van der Waals surface area contributed by atoms with E-state index in [2.05, 4.69) is 15.5 Å². The molecule has 0 atom stereocenters. The maximum atomic E-state index is 13.4. The highest BCUT2D eigenvalue weighted by atomic mass is 32.1. The molecule has 0 fully saturated rings. The highest BCUT2D eigenvalue weighted by Gasteiger charge is 2.11. The number of rotatable bonds is 5. The minimum atomic E-state index is -0.283.